The summed E-state index contributed by atoms with van der Waals surface area (Å²) in [7, 11) is 0. The fraction of sp³-hybridized carbons (Fsp3) is 0.815. The molecule has 4 fully saturated rings. The van der Waals surface area contributed by atoms with Crippen LogP contribution in [0.15, 0.2) is 0 Å². The highest BCUT2D eigenvalue weighted by atomic mass is 35.5. The molecule has 6 atom stereocenters. The first-order valence-corrected chi connectivity index (χ1v) is 14.4. The van der Waals surface area contributed by atoms with Crippen molar-refractivity contribution in [1.29, 1.82) is 0 Å². The first-order chi connectivity index (χ1) is 18.2. The summed E-state index contributed by atoms with van der Waals surface area (Å²) >= 11 is 5.45. The Bertz CT molecular complexity index is 1030. The predicted octanol–water partition coefficient (Wildman–Crippen LogP) is 1.72. The second-order valence-electron chi connectivity index (χ2n) is 12.8. The van der Waals surface area contributed by atoms with Crippen LogP contribution in [0.1, 0.15) is 66.7 Å². The molecule has 4 aliphatic rings. The Morgan fingerprint density at radius 3 is 2.44 bits per heavy atom. The van der Waals surface area contributed by atoms with Crippen molar-refractivity contribution in [1.82, 2.24) is 26.0 Å². The number of amides is 5. The minimum atomic E-state index is -2.41. The number of rotatable bonds is 9. The molecule has 2 unspecified atom stereocenters. The lowest BCUT2D eigenvalue weighted by molar-refractivity contribution is -0.151. The molecule has 10 nitrogen and oxygen atoms in total. The molecular formula is C27H41ClFN5O5. The van der Waals surface area contributed by atoms with E-state index in [9.17, 15) is 28.4 Å². The molecule has 218 valence electrons. The SMILES string of the molecule is CCC(C)(C)C(NC(=O)C1CC1)C(=O)N1C[C@H]2[C@@H]([C@H]1C(=O)NN(C[C@@H]1CCCNC1=O)C(=O)C(F)Cl)C2(C)C. The van der Waals surface area contributed by atoms with Gasteiger partial charge >= 0.3 is 0 Å². The Morgan fingerprint density at radius 2 is 1.87 bits per heavy atom. The van der Waals surface area contributed by atoms with Crippen LogP contribution in [0, 0.1) is 34.5 Å². The summed E-state index contributed by atoms with van der Waals surface area (Å²) in [6.45, 7) is 10.4. The number of alkyl halides is 2. The highest BCUT2D eigenvalue weighted by Crippen LogP contribution is 2.65. The molecule has 2 aliphatic heterocycles. The summed E-state index contributed by atoms with van der Waals surface area (Å²) in [6, 6.07) is -1.75. The molecule has 0 spiro atoms. The third-order valence-corrected chi connectivity index (χ3v) is 9.62. The molecule has 0 aromatic heterocycles. The molecule has 2 heterocycles. The number of fused-ring (bicyclic) bond motifs is 1. The molecule has 2 saturated carbocycles. The standard InChI is InChI=1S/C27H41ClFN5O5/c1-6-26(2,3)19(31-22(36)14-9-10-14)24(38)33-13-16-17(27(16,4)5)18(33)23(37)32-34(25(39)20(28)29)12-15-8-7-11-30-21(15)35/h14-20H,6-13H2,1-5H3,(H,30,35)(H,31,36)(H,32,37)/t15-,16-,17-,18-,19?,20?/m0/s1. The maximum absolute atomic E-state index is 14.0. The normalized spacial score (nSPS) is 29.0. The monoisotopic (exact) mass is 569 g/mol. The van der Waals surface area contributed by atoms with Crippen molar-refractivity contribution in [3.05, 3.63) is 0 Å². The third kappa shape index (κ3) is 5.88. The number of carbonyl (C=O) groups is 5. The number of carbonyl (C=O) groups excluding carboxylic acids is 5. The van der Waals surface area contributed by atoms with Gasteiger partial charge in [-0.15, -0.1) is 0 Å². The Morgan fingerprint density at radius 1 is 1.21 bits per heavy atom. The van der Waals surface area contributed by atoms with E-state index in [0.717, 1.165) is 17.9 Å². The molecular weight excluding hydrogens is 529 g/mol. The number of hydrogen-bond donors (Lipinski definition) is 3. The van der Waals surface area contributed by atoms with E-state index in [2.05, 4.69) is 16.1 Å². The number of nitrogens with one attached hydrogen (secondary N) is 3. The number of likely N-dealkylation sites (tertiary alicyclic amines) is 1. The quantitative estimate of drug-likeness (QED) is 0.288. The van der Waals surface area contributed by atoms with Crippen LogP contribution in [-0.4, -0.2) is 76.8 Å². The number of hydrazine groups is 1. The van der Waals surface area contributed by atoms with Crippen molar-refractivity contribution in [3.8, 4) is 0 Å². The van der Waals surface area contributed by atoms with Crippen LogP contribution < -0.4 is 16.1 Å². The minimum absolute atomic E-state index is 0.0666. The predicted molar refractivity (Wildman–Crippen MR) is 141 cm³/mol. The van der Waals surface area contributed by atoms with Gasteiger partial charge < -0.3 is 15.5 Å². The highest BCUT2D eigenvalue weighted by Gasteiger charge is 2.70. The van der Waals surface area contributed by atoms with Crippen molar-refractivity contribution in [2.75, 3.05) is 19.6 Å². The van der Waals surface area contributed by atoms with E-state index in [1.165, 1.54) is 4.90 Å². The molecule has 5 amide bonds. The summed E-state index contributed by atoms with van der Waals surface area (Å²) in [6.07, 6.45) is 3.38. The van der Waals surface area contributed by atoms with Crippen LogP contribution in [0.25, 0.3) is 0 Å². The lowest BCUT2D eigenvalue weighted by atomic mass is 9.80. The van der Waals surface area contributed by atoms with Crippen LogP contribution in [0.5, 0.6) is 0 Å². The average Bonchev–Trinajstić information content (AvgIpc) is 3.76. The van der Waals surface area contributed by atoms with E-state index in [4.69, 9.17) is 11.6 Å². The summed E-state index contributed by atoms with van der Waals surface area (Å²) in [5.41, 5.74) is -0.677. The minimum Gasteiger partial charge on any atom is -0.356 e. The van der Waals surface area contributed by atoms with Gasteiger partial charge in [-0.2, -0.15) is 0 Å². The van der Waals surface area contributed by atoms with Gasteiger partial charge in [-0.1, -0.05) is 46.2 Å². The van der Waals surface area contributed by atoms with Gasteiger partial charge in [0, 0.05) is 19.0 Å². The highest BCUT2D eigenvalue weighted by molar-refractivity contribution is 6.29. The zero-order valence-corrected chi connectivity index (χ0v) is 24.1. The van der Waals surface area contributed by atoms with Crippen LogP contribution in [0.4, 0.5) is 4.39 Å². The molecule has 0 radical (unpaired) electrons. The van der Waals surface area contributed by atoms with Crippen LogP contribution in [0.2, 0.25) is 0 Å². The zero-order chi connectivity index (χ0) is 28.9. The van der Waals surface area contributed by atoms with E-state index in [1.807, 2.05) is 34.6 Å². The zero-order valence-electron chi connectivity index (χ0n) is 23.4. The fourth-order valence-corrected chi connectivity index (χ4v) is 6.24. The molecule has 39 heavy (non-hydrogen) atoms. The maximum Gasteiger partial charge on any atom is 0.291 e. The maximum atomic E-state index is 14.0. The average molecular weight is 570 g/mol. The largest absolute Gasteiger partial charge is 0.356 e. The van der Waals surface area contributed by atoms with E-state index >= 15 is 0 Å². The van der Waals surface area contributed by atoms with Gasteiger partial charge in [0.2, 0.25) is 17.7 Å². The summed E-state index contributed by atoms with van der Waals surface area (Å²) in [5, 5.41) is 6.45. The van der Waals surface area contributed by atoms with Crippen molar-refractivity contribution in [3.63, 3.8) is 0 Å². The van der Waals surface area contributed by atoms with Crippen LogP contribution in [0.3, 0.4) is 0 Å². The van der Waals surface area contributed by atoms with Gasteiger partial charge in [0.15, 0.2) is 0 Å². The lowest BCUT2D eigenvalue weighted by Crippen LogP contribution is -2.62. The first kappa shape index (κ1) is 29.6. The Hall–Kier alpha value is -2.43. The second-order valence-corrected chi connectivity index (χ2v) is 13.2. The number of halogens is 2. The van der Waals surface area contributed by atoms with E-state index < -0.39 is 40.9 Å². The third-order valence-electron chi connectivity index (χ3n) is 9.43. The summed E-state index contributed by atoms with van der Waals surface area (Å²) < 4.78 is 13.9. The van der Waals surface area contributed by atoms with Gasteiger partial charge in [-0.25, -0.2) is 9.40 Å². The van der Waals surface area contributed by atoms with Crippen molar-refractivity contribution >= 4 is 41.1 Å². The van der Waals surface area contributed by atoms with Crippen LogP contribution >= 0.6 is 11.6 Å². The van der Waals surface area contributed by atoms with Gasteiger partial charge in [-0.3, -0.25) is 29.4 Å². The fourth-order valence-electron chi connectivity index (χ4n) is 6.12. The summed E-state index contributed by atoms with van der Waals surface area (Å²) in [5.74, 6) is -3.40. The van der Waals surface area contributed by atoms with Gasteiger partial charge in [0.25, 0.3) is 17.4 Å². The molecule has 0 bridgehead atoms. The second kappa shape index (κ2) is 10.9. The van der Waals surface area contributed by atoms with E-state index in [0.29, 0.717) is 32.4 Å². The van der Waals surface area contributed by atoms with E-state index in [-0.39, 0.29) is 47.4 Å². The molecule has 12 heteroatoms. The van der Waals surface area contributed by atoms with E-state index in [1.54, 1.807) is 0 Å². The van der Waals surface area contributed by atoms with Gasteiger partial charge in [0.1, 0.15) is 12.1 Å². The number of hydrogen-bond acceptors (Lipinski definition) is 5. The Kier molecular flexibility index (Phi) is 8.23. The molecule has 2 aliphatic carbocycles. The molecule has 0 aromatic carbocycles. The smallest absolute Gasteiger partial charge is 0.291 e. The van der Waals surface area contributed by atoms with Crippen LogP contribution in [-0.2, 0) is 24.0 Å². The molecule has 4 rings (SSSR count). The van der Waals surface area contributed by atoms with Crippen molar-refractivity contribution in [2.45, 2.75) is 84.4 Å². The molecule has 3 N–H and O–H groups in total. The lowest BCUT2D eigenvalue weighted by Gasteiger charge is -2.39. The summed E-state index contributed by atoms with van der Waals surface area (Å²) in [4.78, 5) is 66.9. The van der Waals surface area contributed by atoms with Gasteiger partial charge in [0.05, 0.1) is 12.5 Å². The van der Waals surface area contributed by atoms with Crippen molar-refractivity contribution in [2.24, 2.45) is 34.5 Å². The first-order valence-electron chi connectivity index (χ1n) is 14.0. The topological polar surface area (TPSA) is 128 Å². The van der Waals surface area contributed by atoms with Crippen molar-refractivity contribution < 1.29 is 28.4 Å². The number of nitrogens with zero attached hydrogens (tertiary/aromatic N) is 2. The molecule has 2 saturated heterocycles. The van der Waals surface area contributed by atoms with Gasteiger partial charge in [-0.05, 0) is 54.8 Å². The Balaban J connectivity index is 1.57. The molecule has 0 aromatic rings. The number of piperidine rings is 2. The Labute approximate surface area is 234 Å².